The second-order valence-corrected chi connectivity index (χ2v) is 9.17. The van der Waals surface area contributed by atoms with Gasteiger partial charge in [0.2, 0.25) is 0 Å². The zero-order chi connectivity index (χ0) is 15.1. The fourth-order valence-corrected chi connectivity index (χ4v) is 5.28. The highest BCUT2D eigenvalue weighted by molar-refractivity contribution is 4.98. The molecular weight excluding hydrogens is 258 g/mol. The van der Waals surface area contributed by atoms with Gasteiger partial charge in [-0.2, -0.15) is 0 Å². The van der Waals surface area contributed by atoms with Crippen molar-refractivity contribution in [1.29, 1.82) is 0 Å². The molecule has 3 fully saturated rings. The molecule has 122 valence electrons. The third-order valence-electron chi connectivity index (χ3n) is 6.98. The van der Waals surface area contributed by atoms with Crippen LogP contribution in [0.25, 0.3) is 0 Å². The van der Waals surface area contributed by atoms with Crippen LogP contribution in [0.2, 0.25) is 0 Å². The molecule has 0 bridgehead atoms. The molecule has 1 aliphatic heterocycles. The first-order chi connectivity index (χ1) is 9.93. The van der Waals surface area contributed by atoms with Crippen molar-refractivity contribution in [3.8, 4) is 0 Å². The molecule has 2 N–H and O–H groups in total. The minimum absolute atomic E-state index is 0.288. The van der Waals surface area contributed by atoms with Gasteiger partial charge in [0, 0.05) is 6.61 Å². The van der Waals surface area contributed by atoms with E-state index in [1.165, 1.54) is 51.4 Å². The lowest BCUT2D eigenvalue weighted by atomic mass is 9.59. The largest absolute Gasteiger partial charge is 0.375 e. The van der Waals surface area contributed by atoms with Crippen LogP contribution >= 0.6 is 0 Å². The number of hydrogen-bond acceptors (Lipinski definition) is 2. The molecule has 1 spiro atoms. The molecule has 0 aromatic heterocycles. The Kier molecular flexibility index (Phi) is 4.40. The third-order valence-corrected chi connectivity index (χ3v) is 6.98. The Hall–Kier alpha value is -0.0800. The van der Waals surface area contributed by atoms with E-state index >= 15 is 0 Å². The minimum Gasteiger partial charge on any atom is -0.375 e. The van der Waals surface area contributed by atoms with Crippen molar-refractivity contribution >= 4 is 0 Å². The van der Waals surface area contributed by atoms with Gasteiger partial charge in [0.25, 0.3) is 0 Å². The second kappa shape index (κ2) is 5.85. The quantitative estimate of drug-likeness (QED) is 0.820. The van der Waals surface area contributed by atoms with Crippen LogP contribution in [0, 0.1) is 29.1 Å². The molecule has 3 aliphatic rings. The highest BCUT2D eigenvalue weighted by Gasteiger charge is 2.47. The standard InChI is InChI=1S/C19H35NO/c1-18(2,3)16-6-5-15(13-20)17(11-16)14-7-10-21-19(12-14)8-4-9-19/h14-17H,4-13,20H2,1-3H3. The van der Waals surface area contributed by atoms with E-state index in [0.717, 1.165) is 36.8 Å². The predicted octanol–water partition coefficient (Wildman–Crippen LogP) is 4.37. The van der Waals surface area contributed by atoms with Crippen molar-refractivity contribution in [1.82, 2.24) is 0 Å². The lowest BCUT2D eigenvalue weighted by Gasteiger charge is -2.52. The molecule has 0 radical (unpaired) electrons. The van der Waals surface area contributed by atoms with Gasteiger partial charge >= 0.3 is 0 Å². The fraction of sp³-hybridized carbons (Fsp3) is 1.00. The van der Waals surface area contributed by atoms with Crippen molar-refractivity contribution < 1.29 is 4.74 Å². The summed E-state index contributed by atoms with van der Waals surface area (Å²) >= 11 is 0. The monoisotopic (exact) mass is 293 g/mol. The summed E-state index contributed by atoms with van der Waals surface area (Å²) in [6.45, 7) is 9.17. The lowest BCUT2D eigenvalue weighted by molar-refractivity contribution is -0.156. The van der Waals surface area contributed by atoms with Crippen LogP contribution in [0.3, 0.4) is 0 Å². The van der Waals surface area contributed by atoms with Gasteiger partial charge in [0.1, 0.15) is 0 Å². The van der Waals surface area contributed by atoms with Gasteiger partial charge in [-0.15, -0.1) is 0 Å². The first-order valence-electron chi connectivity index (χ1n) is 9.27. The fourth-order valence-electron chi connectivity index (χ4n) is 5.28. The summed E-state index contributed by atoms with van der Waals surface area (Å²) < 4.78 is 6.15. The van der Waals surface area contributed by atoms with Crippen LogP contribution < -0.4 is 5.73 Å². The van der Waals surface area contributed by atoms with Crippen LogP contribution in [0.15, 0.2) is 0 Å². The van der Waals surface area contributed by atoms with E-state index in [9.17, 15) is 0 Å². The smallest absolute Gasteiger partial charge is 0.0685 e. The van der Waals surface area contributed by atoms with E-state index in [2.05, 4.69) is 20.8 Å². The Labute approximate surface area is 131 Å². The highest BCUT2D eigenvalue weighted by Crippen LogP contribution is 2.51. The average Bonchev–Trinajstić information content (AvgIpc) is 2.44. The maximum absolute atomic E-state index is 6.15. The van der Waals surface area contributed by atoms with Gasteiger partial charge < -0.3 is 10.5 Å². The molecule has 0 amide bonds. The second-order valence-electron chi connectivity index (χ2n) is 9.17. The Morgan fingerprint density at radius 3 is 2.48 bits per heavy atom. The predicted molar refractivity (Wildman–Crippen MR) is 88.1 cm³/mol. The van der Waals surface area contributed by atoms with E-state index in [4.69, 9.17) is 10.5 Å². The molecule has 2 aliphatic carbocycles. The van der Waals surface area contributed by atoms with Gasteiger partial charge in [-0.3, -0.25) is 0 Å². The Morgan fingerprint density at radius 1 is 1.14 bits per heavy atom. The van der Waals surface area contributed by atoms with Crippen LogP contribution in [0.4, 0.5) is 0 Å². The lowest BCUT2D eigenvalue weighted by Crippen LogP contribution is -2.49. The van der Waals surface area contributed by atoms with E-state index in [1.54, 1.807) is 0 Å². The van der Waals surface area contributed by atoms with Gasteiger partial charge in [-0.25, -0.2) is 0 Å². The normalized spacial score (nSPS) is 40.0. The molecule has 2 heteroatoms. The summed E-state index contributed by atoms with van der Waals surface area (Å²) in [4.78, 5) is 0. The van der Waals surface area contributed by atoms with Crippen molar-refractivity contribution in [2.24, 2.45) is 34.8 Å². The summed E-state index contributed by atoms with van der Waals surface area (Å²) in [5, 5.41) is 0. The molecular formula is C19H35NO. The zero-order valence-corrected chi connectivity index (χ0v) is 14.4. The number of ether oxygens (including phenoxy) is 1. The van der Waals surface area contributed by atoms with Crippen LogP contribution in [-0.4, -0.2) is 18.8 Å². The maximum atomic E-state index is 6.15. The topological polar surface area (TPSA) is 35.2 Å². The van der Waals surface area contributed by atoms with E-state index in [-0.39, 0.29) is 5.60 Å². The molecule has 0 aromatic rings. The van der Waals surface area contributed by atoms with Crippen molar-refractivity contribution in [3.05, 3.63) is 0 Å². The Balaban J connectivity index is 1.70. The first-order valence-corrected chi connectivity index (χ1v) is 9.27. The first kappa shape index (κ1) is 15.8. The summed E-state index contributed by atoms with van der Waals surface area (Å²) in [6, 6.07) is 0. The average molecular weight is 293 g/mol. The molecule has 1 saturated heterocycles. The summed E-state index contributed by atoms with van der Waals surface area (Å²) in [5.74, 6) is 3.38. The molecule has 3 rings (SSSR count). The van der Waals surface area contributed by atoms with Crippen molar-refractivity contribution in [2.75, 3.05) is 13.2 Å². The summed E-state index contributed by atoms with van der Waals surface area (Å²) in [6.07, 6.45) is 10.8. The van der Waals surface area contributed by atoms with E-state index < -0.39 is 0 Å². The SMILES string of the molecule is CC(C)(C)C1CCC(CN)C(C2CCOC3(CCC3)C2)C1. The number of rotatable bonds is 2. The molecule has 0 aromatic carbocycles. The van der Waals surface area contributed by atoms with Crippen molar-refractivity contribution in [3.63, 3.8) is 0 Å². The molecule has 2 nitrogen and oxygen atoms in total. The van der Waals surface area contributed by atoms with Crippen LogP contribution in [0.5, 0.6) is 0 Å². The third kappa shape index (κ3) is 3.17. The number of nitrogens with two attached hydrogens (primary N) is 1. The van der Waals surface area contributed by atoms with Crippen LogP contribution in [0.1, 0.15) is 72.1 Å². The maximum Gasteiger partial charge on any atom is 0.0685 e. The number of hydrogen-bond donors (Lipinski definition) is 1. The molecule has 4 unspecified atom stereocenters. The van der Waals surface area contributed by atoms with E-state index in [0.29, 0.717) is 5.41 Å². The zero-order valence-electron chi connectivity index (χ0n) is 14.4. The molecule has 4 atom stereocenters. The molecule has 1 heterocycles. The summed E-state index contributed by atoms with van der Waals surface area (Å²) in [7, 11) is 0. The van der Waals surface area contributed by atoms with E-state index in [1.807, 2.05) is 0 Å². The van der Waals surface area contributed by atoms with Crippen molar-refractivity contribution in [2.45, 2.75) is 77.7 Å². The Bertz CT molecular complexity index is 355. The highest BCUT2D eigenvalue weighted by atomic mass is 16.5. The van der Waals surface area contributed by atoms with Crippen LogP contribution in [-0.2, 0) is 4.74 Å². The minimum atomic E-state index is 0.288. The van der Waals surface area contributed by atoms with Gasteiger partial charge in [0.15, 0.2) is 0 Å². The van der Waals surface area contributed by atoms with Gasteiger partial charge in [-0.05, 0) is 87.0 Å². The van der Waals surface area contributed by atoms with Gasteiger partial charge in [0.05, 0.1) is 5.60 Å². The van der Waals surface area contributed by atoms with Gasteiger partial charge in [-0.1, -0.05) is 20.8 Å². The molecule has 2 saturated carbocycles. The Morgan fingerprint density at radius 2 is 1.90 bits per heavy atom. The molecule has 21 heavy (non-hydrogen) atoms. The summed E-state index contributed by atoms with van der Waals surface area (Å²) in [5.41, 5.74) is 6.88.